The van der Waals surface area contributed by atoms with E-state index in [1.165, 1.54) is 10.4 Å². The van der Waals surface area contributed by atoms with E-state index in [9.17, 15) is 9.90 Å². The lowest BCUT2D eigenvalue weighted by Crippen LogP contribution is -2.26. The molecule has 0 amide bonds. The molecule has 0 spiro atoms. The molecule has 0 aliphatic carbocycles. The van der Waals surface area contributed by atoms with E-state index in [1.54, 1.807) is 11.3 Å². The van der Waals surface area contributed by atoms with Crippen molar-refractivity contribution in [1.82, 2.24) is 4.98 Å². The Labute approximate surface area is 210 Å². The molecule has 1 N–H and O–H groups in total. The zero-order chi connectivity index (χ0) is 24.8. The van der Waals surface area contributed by atoms with Crippen molar-refractivity contribution in [3.63, 3.8) is 0 Å². The van der Waals surface area contributed by atoms with Crippen molar-refractivity contribution in [3.8, 4) is 16.3 Å². The number of fused-ring (bicyclic) bond motifs is 1. The number of hydrogen-bond acceptors (Lipinski definition) is 5. The Kier molecular flexibility index (Phi) is 8.16. The fourth-order valence-corrected chi connectivity index (χ4v) is 5.02. The zero-order valence-electron chi connectivity index (χ0n) is 20.4. The number of carboxylic acids is 1. The van der Waals surface area contributed by atoms with Crippen LogP contribution in [0.1, 0.15) is 35.0 Å². The number of carbonyl (C=O) groups is 1. The molecule has 182 valence electrons. The minimum atomic E-state index is -0.938. The van der Waals surface area contributed by atoms with Crippen molar-refractivity contribution < 1.29 is 19.4 Å². The van der Waals surface area contributed by atoms with Crippen LogP contribution in [0.15, 0.2) is 60.7 Å². The number of carboxylic acid groups (broad SMARTS) is 1. The molecule has 0 saturated carbocycles. The van der Waals surface area contributed by atoms with Crippen molar-refractivity contribution in [2.24, 2.45) is 0 Å². The van der Waals surface area contributed by atoms with Crippen LogP contribution >= 0.6 is 11.3 Å². The van der Waals surface area contributed by atoms with Crippen LogP contribution < -0.4 is 4.74 Å². The number of aromatic nitrogens is 1. The third-order valence-corrected chi connectivity index (χ3v) is 7.03. The van der Waals surface area contributed by atoms with Crippen molar-refractivity contribution in [3.05, 3.63) is 82.4 Å². The molecule has 0 radical (unpaired) electrons. The molecule has 1 unspecified atom stereocenters. The van der Waals surface area contributed by atoms with E-state index in [-0.39, 0.29) is 0 Å². The molecule has 35 heavy (non-hydrogen) atoms. The zero-order valence-corrected chi connectivity index (χ0v) is 21.2. The van der Waals surface area contributed by atoms with Crippen molar-refractivity contribution in [2.45, 2.75) is 46.1 Å². The number of benzene rings is 3. The Hall–Kier alpha value is -3.22. The molecular weight excluding hydrogens is 458 g/mol. The van der Waals surface area contributed by atoms with E-state index in [0.717, 1.165) is 51.2 Å². The maximum atomic E-state index is 11.7. The topological polar surface area (TPSA) is 68.7 Å². The van der Waals surface area contributed by atoms with Crippen LogP contribution in [-0.4, -0.2) is 35.4 Å². The SMILES string of the molecule is CCCOC(Cc1ccc(OCCc2nc(-c3ccc(C)cc3)sc2C)c2ccccc12)C(=O)O. The maximum absolute atomic E-state index is 11.7. The predicted molar refractivity (Wildman–Crippen MR) is 142 cm³/mol. The van der Waals surface area contributed by atoms with Gasteiger partial charge in [0.1, 0.15) is 10.8 Å². The van der Waals surface area contributed by atoms with Gasteiger partial charge in [-0.25, -0.2) is 9.78 Å². The van der Waals surface area contributed by atoms with Crippen molar-refractivity contribution >= 4 is 28.1 Å². The predicted octanol–water partition coefficient (Wildman–Crippen LogP) is 6.62. The second-order valence-electron chi connectivity index (χ2n) is 8.66. The quantitative estimate of drug-likeness (QED) is 0.256. The summed E-state index contributed by atoms with van der Waals surface area (Å²) in [5.74, 6) is -0.149. The molecule has 0 saturated heterocycles. The molecule has 0 aliphatic heterocycles. The molecule has 3 aromatic carbocycles. The first kappa shape index (κ1) is 24.9. The number of thiazole rings is 1. The van der Waals surface area contributed by atoms with E-state index in [4.69, 9.17) is 14.5 Å². The fourth-order valence-electron chi connectivity index (χ4n) is 4.05. The largest absolute Gasteiger partial charge is 0.493 e. The van der Waals surface area contributed by atoms with E-state index < -0.39 is 12.1 Å². The summed E-state index contributed by atoms with van der Waals surface area (Å²) < 4.78 is 11.8. The number of nitrogens with zero attached hydrogens (tertiary/aromatic N) is 1. The Bertz CT molecular complexity index is 1300. The van der Waals surface area contributed by atoms with Gasteiger partial charge in [-0.1, -0.05) is 67.1 Å². The second-order valence-corrected chi connectivity index (χ2v) is 9.86. The number of hydrogen-bond donors (Lipinski definition) is 1. The summed E-state index contributed by atoms with van der Waals surface area (Å²) in [7, 11) is 0. The van der Waals surface area contributed by atoms with Gasteiger partial charge in [0.15, 0.2) is 6.10 Å². The van der Waals surface area contributed by atoms with E-state index >= 15 is 0 Å². The van der Waals surface area contributed by atoms with Crippen LogP contribution in [0.3, 0.4) is 0 Å². The van der Waals surface area contributed by atoms with Gasteiger partial charge in [0.2, 0.25) is 0 Å². The van der Waals surface area contributed by atoms with Crippen LogP contribution in [0.5, 0.6) is 5.75 Å². The van der Waals surface area contributed by atoms with E-state index in [0.29, 0.717) is 19.6 Å². The molecule has 0 bridgehead atoms. The van der Waals surface area contributed by atoms with E-state index in [2.05, 4.69) is 38.1 Å². The molecule has 1 atom stereocenters. The highest BCUT2D eigenvalue weighted by molar-refractivity contribution is 7.15. The lowest BCUT2D eigenvalue weighted by atomic mass is 9.99. The fraction of sp³-hybridized carbons (Fsp3) is 0.310. The highest BCUT2D eigenvalue weighted by atomic mass is 32.1. The van der Waals surface area contributed by atoms with Crippen molar-refractivity contribution in [2.75, 3.05) is 13.2 Å². The molecule has 6 heteroatoms. The summed E-state index contributed by atoms with van der Waals surface area (Å²) in [5.41, 5.74) is 4.37. The lowest BCUT2D eigenvalue weighted by Gasteiger charge is -2.16. The summed E-state index contributed by atoms with van der Waals surface area (Å²) in [4.78, 5) is 17.7. The van der Waals surface area contributed by atoms with Crippen molar-refractivity contribution in [1.29, 1.82) is 0 Å². The highest BCUT2D eigenvalue weighted by Gasteiger charge is 2.20. The first-order valence-electron chi connectivity index (χ1n) is 12.0. The molecular formula is C29H31NO4S. The standard InChI is InChI=1S/C29H31NO4S/c1-4-16-33-27(29(31)32)18-22-13-14-26(24-8-6-5-7-23(22)24)34-17-15-25-20(3)35-28(30-25)21-11-9-19(2)10-12-21/h5-14,27H,4,15-18H2,1-3H3,(H,31,32). The summed E-state index contributed by atoms with van der Waals surface area (Å²) in [6.07, 6.45) is 0.953. The van der Waals surface area contributed by atoms with Gasteiger partial charge in [-0.2, -0.15) is 0 Å². The van der Waals surface area contributed by atoms with Gasteiger partial charge < -0.3 is 14.6 Å². The minimum Gasteiger partial charge on any atom is -0.493 e. The smallest absolute Gasteiger partial charge is 0.333 e. The number of rotatable bonds is 11. The number of aliphatic carboxylic acids is 1. The second kappa shape index (κ2) is 11.5. The van der Waals surface area contributed by atoms with E-state index in [1.807, 2.05) is 43.3 Å². The van der Waals surface area contributed by atoms with Crippen LogP contribution in [0, 0.1) is 13.8 Å². The highest BCUT2D eigenvalue weighted by Crippen LogP contribution is 2.31. The molecule has 5 nitrogen and oxygen atoms in total. The van der Waals surface area contributed by atoms with Gasteiger partial charge in [0, 0.05) is 35.3 Å². The Balaban J connectivity index is 1.47. The van der Waals surface area contributed by atoms with Crippen LogP contribution in [0.25, 0.3) is 21.3 Å². The van der Waals surface area contributed by atoms with Gasteiger partial charge in [-0.05, 0) is 37.3 Å². The molecule has 0 fully saturated rings. The average Bonchev–Trinajstić information content (AvgIpc) is 3.23. The van der Waals surface area contributed by atoms with Crippen LogP contribution in [0.4, 0.5) is 0 Å². The average molecular weight is 490 g/mol. The third-order valence-electron chi connectivity index (χ3n) is 5.97. The van der Waals surface area contributed by atoms with Gasteiger partial charge in [0.25, 0.3) is 0 Å². The maximum Gasteiger partial charge on any atom is 0.333 e. The Morgan fingerprint density at radius 1 is 1.00 bits per heavy atom. The third kappa shape index (κ3) is 6.08. The van der Waals surface area contributed by atoms with Crippen LogP contribution in [-0.2, 0) is 22.4 Å². The number of ether oxygens (including phenoxy) is 2. The molecule has 0 aliphatic rings. The van der Waals surface area contributed by atoms with Gasteiger partial charge in [-0.3, -0.25) is 0 Å². The summed E-state index contributed by atoms with van der Waals surface area (Å²) >= 11 is 1.71. The summed E-state index contributed by atoms with van der Waals surface area (Å²) in [6, 6.07) is 20.3. The lowest BCUT2D eigenvalue weighted by molar-refractivity contribution is -0.150. The van der Waals surface area contributed by atoms with Gasteiger partial charge in [-0.15, -0.1) is 11.3 Å². The number of aryl methyl sites for hydroxylation is 2. The summed E-state index contributed by atoms with van der Waals surface area (Å²) in [5, 5.41) is 12.6. The van der Waals surface area contributed by atoms with Crippen LogP contribution in [0.2, 0.25) is 0 Å². The Morgan fingerprint density at radius 2 is 1.74 bits per heavy atom. The molecule has 4 aromatic rings. The van der Waals surface area contributed by atoms with Gasteiger partial charge in [0.05, 0.1) is 12.3 Å². The molecule has 1 aromatic heterocycles. The van der Waals surface area contributed by atoms with Gasteiger partial charge >= 0.3 is 5.97 Å². The molecule has 4 rings (SSSR count). The monoisotopic (exact) mass is 489 g/mol. The first-order valence-corrected chi connectivity index (χ1v) is 12.8. The molecule has 1 heterocycles. The first-order chi connectivity index (χ1) is 17.0. The minimum absolute atomic E-state index is 0.315. The normalized spacial score (nSPS) is 12.1. The summed E-state index contributed by atoms with van der Waals surface area (Å²) in [6.45, 7) is 7.10. The Morgan fingerprint density at radius 3 is 2.46 bits per heavy atom.